The van der Waals surface area contributed by atoms with E-state index >= 15 is 0 Å². The largest absolute Gasteiger partial charge is 0.417 e. The zero-order valence-electron chi connectivity index (χ0n) is 7.91. The summed E-state index contributed by atoms with van der Waals surface area (Å²) in [7, 11) is 1.36. The third kappa shape index (κ3) is 2.61. The van der Waals surface area contributed by atoms with E-state index in [2.05, 4.69) is 21.8 Å². The molecule has 1 heterocycles. The first-order valence-electron chi connectivity index (χ1n) is 3.97. The Morgan fingerprint density at radius 1 is 1.47 bits per heavy atom. The Bertz CT molecular complexity index is 396. The third-order valence-corrected chi connectivity index (χ3v) is 1.66. The summed E-state index contributed by atoms with van der Waals surface area (Å²) in [6.07, 6.45) is -2.30. The van der Waals surface area contributed by atoms with Crippen LogP contribution in [0.1, 0.15) is 11.1 Å². The lowest BCUT2D eigenvalue weighted by atomic mass is 10.1. The van der Waals surface area contributed by atoms with Gasteiger partial charge in [0, 0.05) is 25.0 Å². The minimum atomic E-state index is -4.44. The molecule has 0 aliphatic rings. The number of hydrogen-bond acceptors (Lipinski definition) is 3. The molecule has 0 N–H and O–H groups in total. The van der Waals surface area contributed by atoms with Crippen LogP contribution < -0.4 is 0 Å². The summed E-state index contributed by atoms with van der Waals surface area (Å²) >= 11 is 0. The minimum absolute atomic E-state index is 0.0575. The van der Waals surface area contributed by atoms with Crippen LogP contribution in [0.5, 0.6) is 0 Å². The van der Waals surface area contributed by atoms with Crippen LogP contribution in [0.3, 0.4) is 0 Å². The molecule has 0 saturated heterocycles. The van der Waals surface area contributed by atoms with Crippen LogP contribution in [-0.4, -0.2) is 12.0 Å². The Balaban J connectivity index is 3.24. The molecule has 3 nitrogen and oxygen atoms in total. The highest BCUT2D eigenvalue weighted by Gasteiger charge is 2.33. The van der Waals surface area contributed by atoms with E-state index in [1.807, 2.05) is 0 Å². The third-order valence-electron chi connectivity index (χ3n) is 1.66. The SMILES string of the molecule is C=C(/N=N\C)c1cnccc1C(F)(F)F. The van der Waals surface area contributed by atoms with Crippen LogP contribution in [0.2, 0.25) is 0 Å². The molecule has 0 bridgehead atoms. The summed E-state index contributed by atoms with van der Waals surface area (Å²) in [6.45, 7) is 3.39. The molecule has 0 atom stereocenters. The molecule has 6 heteroatoms. The number of nitrogens with zero attached hydrogens (tertiary/aromatic N) is 3. The van der Waals surface area contributed by atoms with E-state index in [0.29, 0.717) is 0 Å². The predicted octanol–water partition coefficient (Wildman–Crippen LogP) is 3.15. The van der Waals surface area contributed by atoms with Crippen molar-refractivity contribution in [2.45, 2.75) is 6.18 Å². The summed E-state index contributed by atoms with van der Waals surface area (Å²) in [5.41, 5.74) is -1.02. The van der Waals surface area contributed by atoms with Gasteiger partial charge in [-0.05, 0) is 6.07 Å². The molecule has 80 valence electrons. The molecule has 15 heavy (non-hydrogen) atoms. The Hall–Kier alpha value is -1.72. The molecule has 0 radical (unpaired) electrons. The Kier molecular flexibility index (Phi) is 3.18. The van der Waals surface area contributed by atoms with E-state index in [0.717, 1.165) is 18.5 Å². The van der Waals surface area contributed by atoms with E-state index < -0.39 is 11.7 Å². The molecule has 0 aromatic carbocycles. The Morgan fingerprint density at radius 3 is 2.67 bits per heavy atom. The van der Waals surface area contributed by atoms with Crippen molar-refractivity contribution in [3.63, 3.8) is 0 Å². The molecule has 0 fully saturated rings. The van der Waals surface area contributed by atoms with E-state index in [1.54, 1.807) is 0 Å². The highest BCUT2D eigenvalue weighted by molar-refractivity contribution is 5.64. The maximum atomic E-state index is 12.5. The molecule has 0 amide bonds. The van der Waals surface area contributed by atoms with Gasteiger partial charge in [0.1, 0.15) is 0 Å². The van der Waals surface area contributed by atoms with Gasteiger partial charge in [0.05, 0.1) is 11.3 Å². The van der Waals surface area contributed by atoms with Gasteiger partial charge < -0.3 is 0 Å². The van der Waals surface area contributed by atoms with Gasteiger partial charge in [-0.15, -0.1) is 0 Å². The monoisotopic (exact) mass is 215 g/mol. The lowest BCUT2D eigenvalue weighted by molar-refractivity contribution is -0.137. The van der Waals surface area contributed by atoms with Crippen molar-refractivity contribution >= 4 is 5.70 Å². The molecular formula is C9H8F3N3. The minimum Gasteiger partial charge on any atom is -0.264 e. The highest BCUT2D eigenvalue weighted by atomic mass is 19.4. The smallest absolute Gasteiger partial charge is 0.264 e. The van der Waals surface area contributed by atoms with Crippen LogP contribution >= 0.6 is 0 Å². The number of alkyl halides is 3. The molecule has 1 rings (SSSR count). The van der Waals surface area contributed by atoms with Crippen molar-refractivity contribution in [1.82, 2.24) is 4.98 Å². The summed E-state index contributed by atoms with van der Waals surface area (Å²) in [5.74, 6) is 0. The topological polar surface area (TPSA) is 37.6 Å². The lowest BCUT2D eigenvalue weighted by Crippen LogP contribution is -2.08. The summed E-state index contributed by atoms with van der Waals surface area (Å²) < 4.78 is 37.5. The number of pyridine rings is 1. The van der Waals surface area contributed by atoms with Gasteiger partial charge in [-0.25, -0.2) is 0 Å². The van der Waals surface area contributed by atoms with Crippen LogP contribution in [-0.2, 0) is 6.18 Å². The Morgan fingerprint density at radius 2 is 2.13 bits per heavy atom. The second kappa shape index (κ2) is 4.20. The fourth-order valence-electron chi connectivity index (χ4n) is 1.05. The van der Waals surface area contributed by atoms with Crippen molar-refractivity contribution in [2.75, 3.05) is 7.05 Å². The standard InChI is InChI=1S/C9H8F3N3/c1-6(15-13-2)7-5-14-4-3-8(7)9(10,11)12/h3-5H,1H2,2H3/b15-13-. The quantitative estimate of drug-likeness (QED) is 0.698. The zero-order chi connectivity index (χ0) is 11.5. The molecule has 0 saturated carbocycles. The normalized spacial score (nSPS) is 12.0. The molecule has 1 aromatic heterocycles. The molecule has 0 aliphatic heterocycles. The Labute approximate surface area is 84.4 Å². The number of hydrogen-bond donors (Lipinski definition) is 0. The average Bonchev–Trinajstić information content (AvgIpc) is 2.17. The summed E-state index contributed by atoms with van der Waals surface area (Å²) in [5, 5.41) is 6.83. The van der Waals surface area contributed by atoms with Gasteiger partial charge in [0.2, 0.25) is 0 Å². The number of halogens is 3. The highest BCUT2D eigenvalue weighted by Crippen LogP contribution is 2.34. The molecule has 1 aromatic rings. The predicted molar refractivity (Wildman–Crippen MR) is 49.1 cm³/mol. The molecule has 0 unspecified atom stereocenters. The molecular weight excluding hydrogens is 207 g/mol. The molecule has 0 spiro atoms. The lowest BCUT2D eigenvalue weighted by Gasteiger charge is -2.10. The van der Waals surface area contributed by atoms with Gasteiger partial charge in [-0.2, -0.15) is 23.4 Å². The van der Waals surface area contributed by atoms with Crippen molar-refractivity contribution in [1.29, 1.82) is 0 Å². The first kappa shape index (κ1) is 11.4. The van der Waals surface area contributed by atoms with Crippen molar-refractivity contribution in [3.05, 3.63) is 36.2 Å². The number of azo groups is 1. The second-order valence-electron chi connectivity index (χ2n) is 2.67. The first-order valence-corrected chi connectivity index (χ1v) is 3.97. The van der Waals surface area contributed by atoms with Crippen LogP contribution in [0.15, 0.2) is 35.3 Å². The van der Waals surface area contributed by atoms with Gasteiger partial charge in [0.25, 0.3) is 0 Å². The van der Waals surface area contributed by atoms with Crippen LogP contribution in [0.25, 0.3) is 5.70 Å². The van der Waals surface area contributed by atoms with Crippen molar-refractivity contribution in [3.8, 4) is 0 Å². The van der Waals surface area contributed by atoms with E-state index in [1.165, 1.54) is 7.05 Å². The van der Waals surface area contributed by atoms with Gasteiger partial charge in [-0.1, -0.05) is 6.58 Å². The fraction of sp³-hybridized carbons (Fsp3) is 0.222. The second-order valence-corrected chi connectivity index (χ2v) is 2.67. The maximum Gasteiger partial charge on any atom is 0.417 e. The molecule has 0 aliphatic carbocycles. The maximum absolute atomic E-state index is 12.5. The van der Waals surface area contributed by atoms with Crippen molar-refractivity contribution < 1.29 is 13.2 Å². The van der Waals surface area contributed by atoms with Crippen LogP contribution in [0, 0.1) is 0 Å². The van der Waals surface area contributed by atoms with E-state index in [-0.39, 0.29) is 11.3 Å². The summed E-state index contributed by atoms with van der Waals surface area (Å²) in [4.78, 5) is 3.60. The van der Waals surface area contributed by atoms with Crippen LogP contribution in [0.4, 0.5) is 13.2 Å². The average molecular weight is 215 g/mol. The number of rotatable bonds is 2. The van der Waals surface area contributed by atoms with E-state index in [9.17, 15) is 13.2 Å². The van der Waals surface area contributed by atoms with Gasteiger partial charge >= 0.3 is 6.18 Å². The fourth-order valence-corrected chi connectivity index (χ4v) is 1.05. The first-order chi connectivity index (χ1) is 6.96. The van der Waals surface area contributed by atoms with Gasteiger partial charge in [0.15, 0.2) is 0 Å². The number of aromatic nitrogens is 1. The zero-order valence-corrected chi connectivity index (χ0v) is 7.91. The van der Waals surface area contributed by atoms with Crippen molar-refractivity contribution in [2.24, 2.45) is 10.2 Å². The van der Waals surface area contributed by atoms with E-state index in [4.69, 9.17) is 0 Å². The summed E-state index contributed by atoms with van der Waals surface area (Å²) in [6, 6.07) is 0.881. The van der Waals surface area contributed by atoms with Gasteiger partial charge in [-0.3, -0.25) is 4.98 Å².